The molecule has 0 heterocycles. The first-order valence-corrected chi connectivity index (χ1v) is 11.4. The molecule has 2 heteroatoms. The lowest BCUT2D eigenvalue weighted by molar-refractivity contribution is 0.443. The van der Waals surface area contributed by atoms with E-state index in [0.717, 1.165) is 15.9 Å². The molecule has 0 unspecified atom stereocenters. The summed E-state index contributed by atoms with van der Waals surface area (Å²) in [5, 5.41) is 13.0. The van der Waals surface area contributed by atoms with Crippen molar-refractivity contribution >= 4 is 23.0 Å². The maximum atomic E-state index is 9.57. The number of hydrogen-bond donors (Lipinski definition) is 1. The molecule has 26 heavy (non-hydrogen) atoms. The van der Waals surface area contributed by atoms with Crippen LogP contribution in [-0.4, -0.2) is 0 Å². The molecule has 0 spiro atoms. The van der Waals surface area contributed by atoms with E-state index in [4.69, 9.17) is 0 Å². The molecule has 1 fully saturated rings. The Bertz CT molecular complexity index is 835. The van der Waals surface area contributed by atoms with Gasteiger partial charge >= 0.3 is 0 Å². The van der Waals surface area contributed by atoms with Crippen LogP contribution in [0.3, 0.4) is 0 Å². The molecule has 3 aromatic carbocycles. The monoisotopic (exact) mass is 359 g/mol. The third kappa shape index (κ3) is 3.29. The molecule has 0 saturated heterocycles. The topological polar surface area (TPSA) is 23.9 Å². The molecule has 1 nitrogen and oxygen atoms in total. The van der Waals surface area contributed by atoms with Gasteiger partial charge in [0.25, 0.3) is 0 Å². The Hall–Kier alpha value is -2.11. The highest BCUT2D eigenvalue weighted by Gasteiger charge is 2.25. The lowest BCUT2D eigenvalue weighted by Gasteiger charge is -2.26. The van der Waals surface area contributed by atoms with Crippen LogP contribution in [0.25, 0.3) is 0 Å². The van der Waals surface area contributed by atoms with E-state index >= 15 is 0 Å². The van der Waals surface area contributed by atoms with Crippen LogP contribution < -0.4 is 15.9 Å². The van der Waals surface area contributed by atoms with E-state index < -0.39 is 7.05 Å². The van der Waals surface area contributed by atoms with Gasteiger partial charge in [0.05, 0.1) is 7.05 Å². The average Bonchev–Trinajstić information content (AvgIpc) is 2.75. The first kappa shape index (κ1) is 17.3. The van der Waals surface area contributed by atoms with Gasteiger partial charge in [-0.1, -0.05) is 104 Å². The van der Waals surface area contributed by atoms with E-state index in [-0.39, 0.29) is 0 Å². The fourth-order valence-electron chi connectivity index (χ4n) is 4.16. The van der Waals surface area contributed by atoms with Gasteiger partial charge in [-0.2, -0.15) is 0 Å². The molecule has 0 aliphatic heterocycles. The summed E-state index contributed by atoms with van der Waals surface area (Å²) in [7, 11) is -2.34. The van der Waals surface area contributed by atoms with Crippen LogP contribution in [0.2, 0.25) is 0 Å². The van der Waals surface area contributed by atoms with Gasteiger partial charge in [0.15, 0.2) is 0 Å². The molecule has 1 aliphatic carbocycles. The molecule has 1 N–H and O–H groups in total. The van der Waals surface area contributed by atoms with Crippen LogP contribution >= 0.6 is 7.05 Å². The number of benzene rings is 3. The zero-order chi connectivity index (χ0) is 17.8. The predicted molar refractivity (Wildman–Crippen MR) is 114 cm³/mol. The van der Waals surface area contributed by atoms with Crippen LogP contribution in [0.5, 0.6) is 0 Å². The summed E-state index contributed by atoms with van der Waals surface area (Å²) in [6.07, 6.45) is 6.74. The van der Waals surface area contributed by atoms with Crippen LogP contribution in [0.4, 0.5) is 0 Å². The molecule has 0 radical (unpaired) electrons. The highest BCUT2D eigenvalue weighted by Crippen LogP contribution is 2.43. The zero-order valence-corrected chi connectivity index (χ0v) is 16.0. The smallest absolute Gasteiger partial charge is 0.0512 e. The molecule has 1 saturated carbocycles. The average molecular weight is 359 g/mol. The Kier molecular flexibility index (Phi) is 5.09. The molecular formula is C24H26NP. The van der Waals surface area contributed by atoms with Gasteiger partial charge in [-0.25, -0.2) is 0 Å². The maximum absolute atomic E-state index is 9.57. The van der Waals surface area contributed by atoms with Crippen LogP contribution in [-0.2, 0) is 0 Å². The highest BCUT2D eigenvalue weighted by molar-refractivity contribution is 7.86. The lowest BCUT2D eigenvalue weighted by atomic mass is 9.84. The Morgan fingerprint density at radius 3 is 1.54 bits per heavy atom. The molecule has 0 atom stereocenters. The third-order valence-electron chi connectivity index (χ3n) is 5.64. The second-order valence-corrected chi connectivity index (χ2v) is 10.2. The minimum absolute atomic E-state index is 0.713. The predicted octanol–water partition coefficient (Wildman–Crippen LogP) is 5.79. The highest BCUT2D eigenvalue weighted by atomic mass is 31.2. The first-order chi connectivity index (χ1) is 12.8. The van der Waals surface area contributed by atoms with Crippen molar-refractivity contribution in [2.24, 2.45) is 0 Å². The van der Waals surface area contributed by atoms with E-state index in [9.17, 15) is 5.16 Å². The molecule has 3 aromatic rings. The summed E-state index contributed by atoms with van der Waals surface area (Å²) < 4.78 is 0. The summed E-state index contributed by atoms with van der Waals surface area (Å²) in [4.78, 5) is 0. The number of hydrogen-bond acceptors (Lipinski definition) is 1. The fraction of sp³-hybridized carbons (Fsp3) is 0.250. The van der Waals surface area contributed by atoms with Crippen molar-refractivity contribution in [3.63, 3.8) is 0 Å². The zero-order valence-electron chi connectivity index (χ0n) is 15.1. The van der Waals surface area contributed by atoms with Crippen molar-refractivity contribution in [2.45, 2.75) is 38.0 Å². The number of rotatable bonds is 4. The molecule has 0 bridgehead atoms. The van der Waals surface area contributed by atoms with Crippen molar-refractivity contribution in [1.29, 1.82) is 5.16 Å². The third-order valence-corrected chi connectivity index (χ3v) is 8.86. The first-order valence-electron chi connectivity index (χ1n) is 9.64. The second kappa shape index (κ2) is 7.64. The minimum Gasteiger partial charge on any atom is -0.305 e. The van der Waals surface area contributed by atoms with E-state index in [1.807, 2.05) is 12.1 Å². The molecule has 4 rings (SSSR count). The summed E-state index contributed by atoms with van der Waals surface area (Å²) in [5.74, 6) is 0.713. The summed E-state index contributed by atoms with van der Waals surface area (Å²) in [6, 6.07) is 29.8. The largest absolute Gasteiger partial charge is 0.305 e. The van der Waals surface area contributed by atoms with Crippen molar-refractivity contribution in [2.75, 3.05) is 0 Å². The summed E-state index contributed by atoms with van der Waals surface area (Å²) in [5.41, 5.74) is 1.46. The Morgan fingerprint density at radius 1 is 0.577 bits per heavy atom. The molecule has 1 aliphatic rings. The molecular weight excluding hydrogens is 333 g/mol. The van der Waals surface area contributed by atoms with Crippen molar-refractivity contribution < 1.29 is 0 Å². The molecule has 132 valence electrons. The van der Waals surface area contributed by atoms with Gasteiger partial charge in [-0.05, 0) is 40.2 Å². The SMILES string of the molecule is N=P(c1ccccc1)(c1ccccc1)c1ccc(C2CCCCC2)cc1. The maximum Gasteiger partial charge on any atom is 0.0512 e. The van der Waals surface area contributed by atoms with Gasteiger partial charge < -0.3 is 5.16 Å². The fourth-order valence-corrected chi connectivity index (χ4v) is 6.89. The number of nitrogens with one attached hydrogen (secondary N) is 1. The Balaban J connectivity index is 1.76. The van der Waals surface area contributed by atoms with E-state index in [1.54, 1.807) is 0 Å². The minimum atomic E-state index is -2.34. The van der Waals surface area contributed by atoms with Crippen molar-refractivity contribution in [1.82, 2.24) is 0 Å². The van der Waals surface area contributed by atoms with Gasteiger partial charge in [0.1, 0.15) is 0 Å². The van der Waals surface area contributed by atoms with Crippen LogP contribution in [0, 0.1) is 5.16 Å². The Labute approximate surface area is 157 Å². The lowest BCUT2D eigenvalue weighted by Crippen LogP contribution is -2.24. The van der Waals surface area contributed by atoms with Gasteiger partial charge in [-0.15, -0.1) is 0 Å². The second-order valence-electron chi connectivity index (χ2n) is 7.27. The molecule has 0 amide bonds. The van der Waals surface area contributed by atoms with Crippen molar-refractivity contribution in [3.05, 3.63) is 90.5 Å². The van der Waals surface area contributed by atoms with Crippen LogP contribution in [0.1, 0.15) is 43.6 Å². The molecule has 0 aromatic heterocycles. The van der Waals surface area contributed by atoms with Crippen LogP contribution in [0.15, 0.2) is 84.9 Å². The van der Waals surface area contributed by atoms with E-state index in [2.05, 4.69) is 72.8 Å². The quantitative estimate of drug-likeness (QED) is 0.570. The van der Waals surface area contributed by atoms with Gasteiger partial charge in [0, 0.05) is 0 Å². The standard InChI is InChI=1S/C24H26NP/c25-26(22-12-6-2-7-13-22,23-14-8-3-9-15-23)24-18-16-21(17-19-24)20-10-4-1-5-11-20/h2-3,6-9,12-20,25H,1,4-5,10-11H2. The van der Waals surface area contributed by atoms with E-state index in [1.165, 1.54) is 37.7 Å². The summed E-state index contributed by atoms with van der Waals surface area (Å²) in [6.45, 7) is 0. The van der Waals surface area contributed by atoms with E-state index in [0.29, 0.717) is 5.92 Å². The van der Waals surface area contributed by atoms with Crippen molar-refractivity contribution in [3.8, 4) is 0 Å². The van der Waals surface area contributed by atoms with Gasteiger partial charge in [-0.3, -0.25) is 0 Å². The Morgan fingerprint density at radius 2 is 1.04 bits per heavy atom. The normalized spacial score (nSPS) is 15.7. The van der Waals surface area contributed by atoms with Gasteiger partial charge in [0.2, 0.25) is 0 Å². The summed E-state index contributed by atoms with van der Waals surface area (Å²) >= 11 is 0.